The molecule has 0 rings (SSSR count). The van der Waals surface area contributed by atoms with Gasteiger partial charge < -0.3 is 10.0 Å². The van der Waals surface area contributed by atoms with Gasteiger partial charge in [-0.15, -0.1) is 0 Å². The van der Waals surface area contributed by atoms with E-state index < -0.39 is 5.97 Å². The maximum Gasteiger partial charge on any atom is 0.303 e. The smallest absolute Gasteiger partial charge is 0.303 e. The monoisotopic (exact) mass is 187 g/mol. The molecule has 0 atom stereocenters. The van der Waals surface area contributed by atoms with Crippen molar-refractivity contribution in [3.8, 4) is 0 Å². The molecule has 0 aromatic carbocycles. The van der Waals surface area contributed by atoms with Gasteiger partial charge in [0.15, 0.2) is 0 Å². The van der Waals surface area contributed by atoms with Crippen LogP contribution in [0.25, 0.3) is 0 Å². The lowest BCUT2D eigenvalue weighted by atomic mass is 10.2. The number of carboxylic acids is 1. The molecule has 1 N–H and O–H groups in total. The molecule has 0 aromatic rings. The van der Waals surface area contributed by atoms with Crippen molar-refractivity contribution < 1.29 is 14.7 Å². The highest BCUT2D eigenvalue weighted by Crippen LogP contribution is 1.98. The third kappa shape index (κ3) is 6.13. The molecule has 0 aliphatic carbocycles. The number of rotatable bonds is 6. The second-order valence-corrected chi connectivity index (χ2v) is 3.06. The van der Waals surface area contributed by atoms with Gasteiger partial charge in [-0.05, 0) is 6.42 Å². The molecule has 76 valence electrons. The molecule has 0 bridgehead atoms. The molecule has 4 nitrogen and oxygen atoms in total. The van der Waals surface area contributed by atoms with Crippen LogP contribution in [-0.2, 0) is 9.59 Å². The van der Waals surface area contributed by atoms with Crippen LogP contribution >= 0.6 is 0 Å². The van der Waals surface area contributed by atoms with Crippen molar-refractivity contribution in [3.05, 3.63) is 0 Å². The van der Waals surface area contributed by atoms with E-state index >= 15 is 0 Å². The van der Waals surface area contributed by atoms with Crippen LogP contribution in [0.5, 0.6) is 0 Å². The lowest BCUT2D eigenvalue weighted by Crippen LogP contribution is -2.27. The first-order chi connectivity index (χ1) is 6.07. The van der Waals surface area contributed by atoms with Gasteiger partial charge in [0.1, 0.15) is 0 Å². The van der Waals surface area contributed by atoms with Gasteiger partial charge in [-0.25, -0.2) is 0 Å². The van der Waals surface area contributed by atoms with E-state index in [0.29, 0.717) is 0 Å². The number of unbranched alkanes of at least 4 members (excludes halogenated alkanes) is 1. The number of hydrogen-bond acceptors (Lipinski definition) is 2. The molecule has 0 aliphatic rings. The van der Waals surface area contributed by atoms with Crippen molar-refractivity contribution in [1.29, 1.82) is 0 Å². The summed E-state index contributed by atoms with van der Waals surface area (Å²) in [5.74, 6) is -1.01. The van der Waals surface area contributed by atoms with Crippen molar-refractivity contribution in [2.45, 2.75) is 32.6 Å². The molecule has 0 fully saturated rings. The van der Waals surface area contributed by atoms with E-state index in [0.717, 1.165) is 19.4 Å². The second-order valence-electron chi connectivity index (χ2n) is 3.06. The third-order valence-electron chi connectivity index (χ3n) is 1.83. The van der Waals surface area contributed by atoms with Crippen LogP contribution in [0.15, 0.2) is 0 Å². The van der Waals surface area contributed by atoms with Gasteiger partial charge in [0.25, 0.3) is 0 Å². The highest BCUT2D eigenvalue weighted by atomic mass is 16.4. The third-order valence-corrected chi connectivity index (χ3v) is 1.83. The SMILES string of the molecule is CCCCN(C)C(=O)CCC(=O)O. The van der Waals surface area contributed by atoms with Crippen molar-refractivity contribution in [3.63, 3.8) is 0 Å². The van der Waals surface area contributed by atoms with Crippen molar-refractivity contribution in [2.24, 2.45) is 0 Å². The number of carbonyl (C=O) groups excluding carboxylic acids is 1. The fourth-order valence-electron chi connectivity index (χ4n) is 0.925. The summed E-state index contributed by atoms with van der Waals surface area (Å²) in [4.78, 5) is 23.0. The maximum atomic E-state index is 11.2. The first-order valence-corrected chi connectivity index (χ1v) is 4.53. The minimum Gasteiger partial charge on any atom is -0.481 e. The highest BCUT2D eigenvalue weighted by molar-refractivity contribution is 5.80. The van der Waals surface area contributed by atoms with Crippen molar-refractivity contribution >= 4 is 11.9 Å². The van der Waals surface area contributed by atoms with Gasteiger partial charge in [-0.1, -0.05) is 13.3 Å². The Balaban J connectivity index is 3.63. The highest BCUT2D eigenvalue weighted by Gasteiger charge is 2.09. The first kappa shape index (κ1) is 11.9. The molecule has 0 spiro atoms. The summed E-state index contributed by atoms with van der Waals surface area (Å²) < 4.78 is 0. The average Bonchev–Trinajstić information content (AvgIpc) is 2.10. The predicted molar refractivity (Wildman–Crippen MR) is 49.4 cm³/mol. The van der Waals surface area contributed by atoms with E-state index in [1.165, 1.54) is 0 Å². The average molecular weight is 187 g/mol. The first-order valence-electron chi connectivity index (χ1n) is 4.53. The van der Waals surface area contributed by atoms with Crippen LogP contribution in [0, 0.1) is 0 Å². The molecule has 0 saturated heterocycles. The summed E-state index contributed by atoms with van der Waals surface area (Å²) in [6.45, 7) is 2.77. The zero-order chi connectivity index (χ0) is 10.3. The standard InChI is InChI=1S/C9H17NO3/c1-3-4-7-10(2)8(11)5-6-9(12)13/h3-7H2,1-2H3,(H,12,13). The summed E-state index contributed by atoms with van der Waals surface area (Å²) in [5.41, 5.74) is 0. The van der Waals surface area contributed by atoms with Gasteiger partial charge in [-0.3, -0.25) is 9.59 Å². The number of nitrogens with zero attached hydrogens (tertiary/aromatic N) is 1. The molecule has 0 unspecified atom stereocenters. The Morgan fingerprint density at radius 1 is 1.31 bits per heavy atom. The van der Waals surface area contributed by atoms with Gasteiger partial charge in [0.05, 0.1) is 6.42 Å². The van der Waals surface area contributed by atoms with Crippen LogP contribution in [0.2, 0.25) is 0 Å². The molecule has 0 radical (unpaired) electrons. The molecule has 13 heavy (non-hydrogen) atoms. The van der Waals surface area contributed by atoms with Crippen LogP contribution in [0.4, 0.5) is 0 Å². The van der Waals surface area contributed by atoms with Crippen LogP contribution in [-0.4, -0.2) is 35.5 Å². The minimum atomic E-state index is -0.919. The number of carboxylic acid groups (broad SMARTS) is 1. The second kappa shape index (κ2) is 6.46. The molecular weight excluding hydrogens is 170 g/mol. The summed E-state index contributed by atoms with van der Waals surface area (Å²) >= 11 is 0. The zero-order valence-corrected chi connectivity index (χ0v) is 8.25. The minimum absolute atomic E-state index is 0.0741. The van der Waals surface area contributed by atoms with Crippen LogP contribution < -0.4 is 0 Å². The summed E-state index contributed by atoms with van der Waals surface area (Å²) in [6, 6.07) is 0. The fourth-order valence-corrected chi connectivity index (χ4v) is 0.925. The zero-order valence-electron chi connectivity index (χ0n) is 8.25. The van der Waals surface area contributed by atoms with E-state index in [-0.39, 0.29) is 18.7 Å². The Bertz CT molecular complexity index is 180. The van der Waals surface area contributed by atoms with E-state index in [1.807, 2.05) is 0 Å². The van der Waals surface area contributed by atoms with Crippen molar-refractivity contribution in [2.75, 3.05) is 13.6 Å². The molecular formula is C9H17NO3. The summed E-state index contributed by atoms with van der Waals surface area (Å²) in [7, 11) is 1.71. The Morgan fingerprint density at radius 2 is 1.92 bits per heavy atom. The maximum absolute atomic E-state index is 11.2. The number of carbonyl (C=O) groups is 2. The molecule has 0 saturated carbocycles. The van der Waals surface area contributed by atoms with E-state index in [9.17, 15) is 9.59 Å². The molecule has 0 aliphatic heterocycles. The number of hydrogen-bond donors (Lipinski definition) is 1. The van der Waals surface area contributed by atoms with E-state index in [4.69, 9.17) is 5.11 Å². The quantitative estimate of drug-likeness (QED) is 0.677. The van der Waals surface area contributed by atoms with Gasteiger partial charge >= 0.3 is 5.97 Å². The normalized spacial score (nSPS) is 9.69. The lowest BCUT2D eigenvalue weighted by Gasteiger charge is -2.15. The molecule has 4 heteroatoms. The molecule has 1 amide bonds. The van der Waals surface area contributed by atoms with Crippen LogP contribution in [0.3, 0.4) is 0 Å². The molecule has 0 aromatic heterocycles. The number of amides is 1. The Morgan fingerprint density at radius 3 is 2.38 bits per heavy atom. The number of aliphatic carboxylic acids is 1. The lowest BCUT2D eigenvalue weighted by molar-refractivity contribution is -0.140. The molecule has 0 heterocycles. The van der Waals surface area contributed by atoms with Crippen LogP contribution in [0.1, 0.15) is 32.6 Å². The summed E-state index contributed by atoms with van der Waals surface area (Å²) in [6.07, 6.45) is 2.04. The Hall–Kier alpha value is -1.06. The van der Waals surface area contributed by atoms with Gasteiger partial charge in [0, 0.05) is 20.0 Å². The Labute approximate surface area is 78.5 Å². The van der Waals surface area contributed by atoms with Gasteiger partial charge in [-0.2, -0.15) is 0 Å². The van der Waals surface area contributed by atoms with Gasteiger partial charge in [0.2, 0.25) is 5.91 Å². The fraction of sp³-hybridized carbons (Fsp3) is 0.778. The topological polar surface area (TPSA) is 57.6 Å². The Kier molecular flexibility index (Phi) is 5.93. The van der Waals surface area contributed by atoms with Crippen molar-refractivity contribution in [1.82, 2.24) is 4.90 Å². The van der Waals surface area contributed by atoms with E-state index in [1.54, 1.807) is 11.9 Å². The largest absolute Gasteiger partial charge is 0.481 e. The summed E-state index contributed by atoms with van der Waals surface area (Å²) in [5, 5.41) is 8.35. The predicted octanol–water partition coefficient (Wildman–Crippen LogP) is 1.11. The van der Waals surface area contributed by atoms with E-state index in [2.05, 4.69) is 6.92 Å².